The van der Waals surface area contributed by atoms with Crippen LogP contribution in [0.4, 0.5) is 4.79 Å². The zero-order valence-corrected chi connectivity index (χ0v) is 14.1. The third-order valence-electron chi connectivity index (χ3n) is 4.02. The third kappa shape index (κ3) is 6.06. The van der Waals surface area contributed by atoms with E-state index in [0.717, 1.165) is 45.4 Å². The van der Waals surface area contributed by atoms with Crippen LogP contribution in [0.3, 0.4) is 0 Å². The Kier molecular flexibility index (Phi) is 7.67. The topological polar surface area (TPSA) is 41.6 Å². The van der Waals surface area contributed by atoms with Gasteiger partial charge in [0, 0.05) is 32.8 Å². The van der Waals surface area contributed by atoms with E-state index in [-0.39, 0.29) is 6.03 Å². The van der Waals surface area contributed by atoms with Gasteiger partial charge >= 0.3 is 6.03 Å². The van der Waals surface area contributed by atoms with Gasteiger partial charge in [0.05, 0.1) is 0 Å². The molecule has 1 heterocycles. The second kappa shape index (κ2) is 10.1. The molecule has 4 nitrogen and oxygen atoms in total. The van der Waals surface area contributed by atoms with Crippen LogP contribution in [0.5, 0.6) is 0 Å². The number of urea groups is 1. The van der Waals surface area contributed by atoms with Crippen molar-refractivity contribution in [1.82, 2.24) is 10.2 Å². The highest BCUT2D eigenvalue weighted by Gasteiger charge is 2.17. The lowest BCUT2D eigenvalue weighted by atomic mass is 10.00. The molecule has 1 aliphatic rings. The first-order valence-electron chi connectivity index (χ1n) is 8.66. The van der Waals surface area contributed by atoms with Crippen LogP contribution in [-0.4, -0.2) is 43.8 Å². The fourth-order valence-corrected chi connectivity index (χ4v) is 2.60. The van der Waals surface area contributed by atoms with Gasteiger partial charge in [0.25, 0.3) is 0 Å². The number of amides is 2. The largest absolute Gasteiger partial charge is 0.381 e. The number of carbonyl (C=O) groups is 1. The summed E-state index contributed by atoms with van der Waals surface area (Å²) in [5.41, 5.74) is 2.59. The number of benzene rings is 1. The molecule has 0 spiro atoms. The van der Waals surface area contributed by atoms with Crippen LogP contribution < -0.4 is 5.32 Å². The van der Waals surface area contributed by atoms with E-state index in [1.165, 1.54) is 11.1 Å². The summed E-state index contributed by atoms with van der Waals surface area (Å²) in [6.07, 6.45) is 6.21. The number of unbranched alkanes of at least 4 members (excludes halogenated alkanes) is 1. The quantitative estimate of drug-likeness (QED) is 0.743. The summed E-state index contributed by atoms with van der Waals surface area (Å²) in [6.45, 7) is 5.83. The van der Waals surface area contributed by atoms with Crippen molar-refractivity contribution in [3.05, 3.63) is 42.0 Å². The van der Waals surface area contributed by atoms with E-state index in [2.05, 4.69) is 42.6 Å². The molecule has 0 fully saturated rings. The first-order chi connectivity index (χ1) is 11.3. The summed E-state index contributed by atoms with van der Waals surface area (Å²) < 4.78 is 5.49. The molecule has 4 heteroatoms. The highest BCUT2D eigenvalue weighted by Crippen LogP contribution is 2.21. The molecule has 126 valence electrons. The van der Waals surface area contributed by atoms with Gasteiger partial charge in [-0.1, -0.05) is 49.8 Å². The zero-order chi connectivity index (χ0) is 16.3. The van der Waals surface area contributed by atoms with Crippen LogP contribution >= 0.6 is 0 Å². The Morgan fingerprint density at radius 3 is 2.70 bits per heavy atom. The van der Waals surface area contributed by atoms with E-state index in [4.69, 9.17) is 4.74 Å². The first kappa shape index (κ1) is 17.5. The molecule has 23 heavy (non-hydrogen) atoms. The predicted molar refractivity (Wildman–Crippen MR) is 94.4 cm³/mol. The minimum Gasteiger partial charge on any atom is -0.381 e. The number of hydrogen-bond acceptors (Lipinski definition) is 2. The summed E-state index contributed by atoms with van der Waals surface area (Å²) in [4.78, 5) is 14.0. The van der Waals surface area contributed by atoms with Gasteiger partial charge in [0.15, 0.2) is 0 Å². The van der Waals surface area contributed by atoms with Crippen LogP contribution in [0.2, 0.25) is 0 Å². The van der Waals surface area contributed by atoms with Crippen molar-refractivity contribution in [3.63, 3.8) is 0 Å². The van der Waals surface area contributed by atoms with Crippen molar-refractivity contribution >= 4 is 11.6 Å². The summed E-state index contributed by atoms with van der Waals surface area (Å²) in [5.74, 6) is 0. The van der Waals surface area contributed by atoms with Crippen molar-refractivity contribution in [2.24, 2.45) is 0 Å². The molecule has 0 aromatic heterocycles. The average molecular weight is 316 g/mol. The van der Waals surface area contributed by atoms with Crippen molar-refractivity contribution < 1.29 is 9.53 Å². The average Bonchev–Trinajstić information content (AvgIpc) is 2.61. The van der Waals surface area contributed by atoms with Crippen LogP contribution in [0.15, 0.2) is 36.4 Å². The van der Waals surface area contributed by atoms with Gasteiger partial charge in [-0.3, -0.25) is 0 Å². The lowest BCUT2D eigenvalue weighted by Gasteiger charge is -2.27. The number of nitrogens with one attached hydrogen (secondary N) is 1. The monoisotopic (exact) mass is 316 g/mol. The Labute approximate surface area is 139 Å². The molecule has 0 saturated heterocycles. The van der Waals surface area contributed by atoms with Crippen molar-refractivity contribution in [2.75, 3.05) is 32.8 Å². The standard InChI is InChI=1S/C19H28N2O2/c1-2-3-15-23-16-7-12-20-19(22)21-13-10-18(11-14-21)17-8-5-4-6-9-17/h4-6,8-10H,2-3,7,11-16H2,1H3,(H,20,22). The maximum atomic E-state index is 12.1. The van der Waals surface area contributed by atoms with Gasteiger partial charge in [-0.05, 0) is 30.4 Å². The van der Waals surface area contributed by atoms with E-state index >= 15 is 0 Å². The molecule has 0 bridgehead atoms. The molecule has 0 radical (unpaired) electrons. The van der Waals surface area contributed by atoms with E-state index < -0.39 is 0 Å². The summed E-state index contributed by atoms with van der Waals surface area (Å²) in [7, 11) is 0. The summed E-state index contributed by atoms with van der Waals surface area (Å²) in [6, 6.07) is 10.4. The number of ether oxygens (including phenoxy) is 1. The van der Waals surface area contributed by atoms with Gasteiger partial charge in [-0.15, -0.1) is 0 Å². The minimum absolute atomic E-state index is 0.0296. The molecule has 1 aromatic rings. The van der Waals surface area contributed by atoms with Crippen LogP contribution in [0.25, 0.3) is 5.57 Å². The van der Waals surface area contributed by atoms with Crippen molar-refractivity contribution in [1.29, 1.82) is 0 Å². The van der Waals surface area contributed by atoms with Crippen LogP contribution in [0.1, 0.15) is 38.2 Å². The van der Waals surface area contributed by atoms with Gasteiger partial charge in [0.2, 0.25) is 0 Å². The third-order valence-corrected chi connectivity index (χ3v) is 4.02. The molecule has 2 rings (SSSR count). The van der Waals surface area contributed by atoms with Gasteiger partial charge in [-0.2, -0.15) is 0 Å². The fourth-order valence-electron chi connectivity index (χ4n) is 2.60. The zero-order valence-electron chi connectivity index (χ0n) is 14.1. The lowest BCUT2D eigenvalue weighted by Crippen LogP contribution is -2.42. The van der Waals surface area contributed by atoms with Gasteiger partial charge < -0.3 is 15.0 Å². The van der Waals surface area contributed by atoms with Crippen molar-refractivity contribution in [3.8, 4) is 0 Å². The second-order valence-electron chi connectivity index (χ2n) is 5.84. The molecule has 1 N–H and O–H groups in total. The minimum atomic E-state index is 0.0296. The van der Waals surface area contributed by atoms with E-state index in [1.54, 1.807) is 0 Å². The number of nitrogens with zero attached hydrogens (tertiary/aromatic N) is 1. The first-order valence-corrected chi connectivity index (χ1v) is 8.66. The molecule has 0 atom stereocenters. The normalized spacial score (nSPS) is 14.5. The van der Waals surface area contributed by atoms with Crippen LogP contribution in [0, 0.1) is 0 Å². The Bertz CT molecular complexity index is 499. The van der Waals surface area contributed by atoms with Crippen molar-refractivity contribution in [2.45, 2.75) is 32.6 Å². The molecule has 0 unspecified atom stereocenters. The predicted octanol–water partition coefficient (Wildman–Crippen LogP) is 3.69. The van der Waals surface area contributed by atoms with E-state index in [1.807, 2.05) is 11.0 Å². The summed E-state index contributed by atoms with van der Waals surface area (Å²) >= 11 is 0. The molecule has 0 aliphatic carbocycles. The molecule has 1 aliphatic heterocycles. The van der Waals surface area contributed by atoms with Crippen LogP contribution in [-0.2, 0) is 4.74 Å². The van der Waals surface area contributed by atoms with E-state index in [0.29, 0.717) is 13.1 Å². The molecular formula is C19H28N2O2. The Morgan fingerprint density at radius 2 is 2.00 bits per heavy atom. The maximum absolute atomic E-state index is 12.1. The van der Waals surface area contributed by atoms with E-state index in [9.17, 15) is 4.79 Å². The Balaban J connectivity index is 1.64. The molecule has 1 aromatic carbocycles. The smallest absolute Gasteiger partial charge is 0.317 e. The van der Waals surface area contributed by atoms with Gasteiger partial charge in [-0.25, -0.2) is 4.79 Å². The SMILES string of the molecule is CCCCOCCCNC(=O)N1CC=C(c2ccccc2)CC1. The number of hydrogen-bond donors (Lipinski definition) is 1. The molecule has 2 amide bonds. The Hall–Kier alpha value is -1.81. The number of rotatable bonds is 8. The second-order valence-corrected chi connectivity index (χ2v) is 5.84. The highest BCUT2D eigenvalue weighted by atomic mass is 16.5. The highest BCUT2D eigenvalue weighted by molar-refractivity contribution is 5.76. The molecule has 0 saturated carbocycles. The Morgan fingerprint density at radius 1 is 1.22 bits per heavy atom. The van der Waals surface area contributed by atoms with Gasteiger partial charge in [0.1, 0.15) is 0 Å². The fraction of sp³-hybridized carbons (Fsp3) is 0.526. The maximum Gasteiger partial charge on any atom is 0.317 e. The summed E-state index contributed by atoms with van der Waals surface area (Å²) in [5, 5.41) is 2.98. The molecular weight excluding hydrogens is 288 g/mol. The lowest BCUT2D eigenvalue weighted by molar-refractivity contribution is 0.128. The number of carbonyl (C=O) groups excluding carboxylic acids is 1.